The number of nitrogens with zero attached hydrogens (tertiary/aromatic N) is 3. The van der Waals surface area contributed by atoms with E-state index in [1.54, 1.807) is 11.3 Å². The third-order valence-corrected chi connectivity index (χ3v) is 9.19. The Balaban J connectivity index is 1.24. The number of anilines is 1. The Kier molecular flexibility index (Phi) is 5.31. The maximum atomic E-state index is 13.3. The molecule has 2 N–H and O–H groups in total. The van der Waals surface area contributed by atoms with Crippen LogP contribution in [0.2, 0.25) is 0 Å². The molecule has 2 aromatic heterocycles. The summed E-state index contributed by atoms with van der Waals surface area (Å²) in [5.41, 5.74) is 2.33. The van der Waals surface area contributed by atoms with Crippen LogP contribution in [-0.4, -0.2) is 39.5 Å². The fraction of sp³-hybridized carbons (Fsp3) is 0.680. The van der Waals surface area contributed by atoms with E-state index in [0.717, 1.165) is 67.1 Å². The third-order valence-electron chi connectivity index (χ3n) is 7.89. The number of hydrogen-bond donors (Lipinski definition) is 2. The molecule has 2 heterocycles. The number of hydrogen-bond acceptors (Lipinski definition) is 6. The van der Waals surface area contributed by atoms with Crippen molar-refractivity contribution in [1.29, 1.82) is 0 Å². The molecule has 1 atom stereocenters. The summed E-state index contributed by atoms with van der Waals surface area (Å²) in [7, 11) is 0. The number of thiophene rings is 1. The first-order valence-electron chi connectivity index (χ1n) is 12.6. The van der Waals surface area contributed by atoms with Gasteiger partial charge in [0.25, 0.3) is 5.91 Å². The van der Waals surface area contributed by atoms with Gasteiger partial charge in [-0.3, -0.25) is 14.2 Å². The lowest BCUT2D eigenvalue weighted by molar-refractivity contribution is -0.119. The number of aromatic nitrogens is 3. The van der Waals surface area contributed by atoms with E-state index in [2.05, 4.69) is 32.3 Å². The number of nitrogens with one attached hydrogen (secondary N) is 2. The standard InChI is InChI=1S/C25H33N5O2S/c1-25(8-9-25)13-27-24-29-28-14-30(24)17-6-7-20-18(10-17)22(23(32)26-12-15-2-3-15)21(33-20)11-19(31)16-4-5-16/h14-17H,2-13H2,1H3,(H,26,32)(H,27,29)/t17-/m0/s1. The van der Waals surface area contributed by atoms with Crippen molar-refractivity contribution in [3.63, 3.8) is 0 Å². The molecule has 6 rings (SSSR count). The van der Waals surface area contributed by atoms with Crippen LogP contribution in [0.5, 0.6) is 0 Å². The van der Waals surface area contributed by atoms with Crippen molar-refractivity contribution in [2.24, 2.45) is 17.3 Å². The predicted octanol–water partition coefficient (Wildman–Crippen LogP) is 3.94. The van der Waals surface area contributed by atoms with Crippen LogP contribution < -0.4 is 10.6 Å². The number of Topliss-reactive ketones (excluding diaryl/α,β-unsaturated/α-hetero) is 1. The van der Waals surface area contributed by atoms with E-state index in [1.807, 2.05) is 6.33 Å². The van der Waals surface area contributed by atoms with Crippen molar-refractivity contribution < 1.29 is 9.59 Å². The lowest BCUT2D eigenvalue weighted by Gasteiger charge is -2.25. The average molecular weight is 468 g/mol. The van der Waals surface area contributed by atoms with E-state index in [-0.39, 0.29) is 17.9 Å². The number of carbonyl (C=O) groups is 2. The zero-order chi connectivity index (χ0) is 22.6. The summed E-state index contributed by atoms with van der Waals surface area (Å²) in [6, 6.07) is 0.221. The maximum absolute atomic E-state index is 13.3. The maximum Gasteiger partial charge on any atom is 0.252 e. The van der Waals surface area contributed by atoms with Crippen LogP contribution >= 0.6 is 11.3 Å². The molecule has 0 aromatic carbocycles. The molecule has 0 saturated heterocycles. The van der Waals surface area contributed by atoms with Crippen LogP contribution in [0.3, 0.4) is 0 Å². The minimum absolute atomic E-state index is 0.0161. The normalized spacial score (nSPS) is 23.1. The molecular formula is C25H33N5O2S. The van der Waals surface area contributed by atoms with Crippen molar-refractivity contribution in [3.05, 3.63) is 27.2 Å². The zero-order valence-electron chi connectivity index (χ0n) is 19.4. The third kappa shape index (κ3) is 4.59. The molecule has 4 aliphatic rings. The number of aryl methyl sites for hydroxylation is 1. The van der Waals surface area contributed by atoms with E-state index >= 15 is 0 Å². The quantitative estimate of drug-likeness (QED) is 0.552. The van der Waals surface area contributed by atoms with E-state index in [0.29, 0.717) is 23.5 Å². The highest BCUT2D eigenvalue weighted by molar-refractivity contribution is 7.12. The second-order valence-corrected chi connectivity index (χ2v) is 12.2. The molecule has 176 valence electrons. The molecular weight excluding hydrogens is 434 g/mol. The summed E-state index contributed by atoms with van der Waals surface area (Å²) in [4.78, 5) is 28.2. The number of ketones is 1. The van der Waals surface area contributed by atoms with E-state index in [9.17, 15) is 9.59 Å². The first-order chi connectivity index (χ1) is 16.0. The van der Waals surface area contributed by atoms with E-state index < -0.39 is 0 Å². The van der Waals surface area contributed by atoms with Gasteiger partial charge in [0.2, 0.25) is 5.95 Å². The second kappa shape index (κ2) is 8.22. The molecule has 0 radical (unpaired) electrons. The van der Waals surface area contributed by atoms with Gasteiger partial charge in [-0.25, -0.2) is 0 Å². The summed E-state index contributed by atoms with van der Waals surface area (Å²) in [6.45, 7) is 3.97. The molecule has 0 spiro atoms. The van der Waals surface area contributed by atoms with Gasteiger partial charge in [-0.05, 0) is 74.7 Å². The van der Waals surface area contributed by atoms with Crippen molar-refractivity contribution in [1.82, 2.24) is 20.1 Å². The van der Waals surface area contributed by atoms with Gasteiger partial charge >= 0.3 is 0 Å². The molecule has 0 aliphatic heterocycles. The molecule has 0 bridgehead atoms. The van der Waals surface area contributed by atoms with Gasteiger partial charge in [-0.1, -0.05) is 6.92 Å². The Morgan fingerprint density at radius 3 is 2.76 bits per heavy atom. The summed E-state index contributed by atoms with van der Waals surface area (Å²) < 4.78 is 2.16. The van der Waals surface area contributed by atoms with Gasteiger partial charge in [0.05, 0.1) is 5.56 Å². The van der Waals surface area contributed by atoms with Gasteiger partial charge in [0.15, 0.2) is 0 Å². The average Bonchev–Trinajstić information content (AvgIpc) is 3.72. The highest BCUT2D eigenvalue weighted by atomic mass is 32.1. The number of carbonyl (C=O) groups excluding carboxylic acids is 2. The van der Waals surface area contributed by atoms with Crippen LogP contribution in [0.4, 0.5) is 5.95 Å². The van der Waals surface area contributed by atoms with Crippen LogP contribution in [-0.2, 0) is 24.1 Å². The molecule has 3 saturated carbocycles. The second-order valence-electron chi connectivity index (χ2n) is 11.0. The number of fused-ring (bicyclic) bond motifs is 1. The highest BCUT2D eigenvalue weighted by Gasteiger charge is 2.38. The molecule has 2 aromatic rings. The molecule has 8 heteroatoms. The summed E-state index contributed by atoms with van der Waals surface area (Å²) >= 11 is 1.70. The predicted molar refractivity (Wildman–Crippen MR) is 128 cm³/mol. The van der Waals surface area contributed by atoms with Crippen LogP contribution in [0.15, 0.2) is 6.33 Å². The Labute approximate surface area is 198 Å². The Bertz CT molecular complexity index is 1080. The lowest BCUT2D eigenvalue weighted by atomic mass is 9.90. The SMILES string of the molecule is CC1(CNc2nncn2[C@H]2CCc3sc(CC(=O)C4CC4)c(C(=O)NCC4CC4)c3C2)CC1. The summed E-state index contributed by atoms with van der Waals surface area (Å²) in [5, 5.41) is 15.2. The molecule has 7 nitrogen and oxygen atoms in total. The largest absolute Gasteiger partial charge is 0.354 e. The Morgan fingerprint density at radius 2 is 2.03 bits per heavy atom. The van der Waals surface area contributed by atoms with Crippen molar-refractivity contribution in [3.8, 4) is 0 Å². The minimum Gasteiger partial charge on any atom is -0.354 e. The van der Waals surface area contributed by atoms with Crippen molar-refractivity contribution >= 4 is 29.0 Å². The van der Waals surface area contributed by atoms with E-state index in [4.69, 9.17) is 0 Å². The topological polar surface area (TPSA) is 88.9 Å². The Morgan fingerprint density at radius 1 is 1.21 bits per heavy atom. The first kappa shape index (κ1) is 21.3. The van der Waals surface area contributed by atoms with Crippen molar-refractivity contribution in [2.75, 3.05) is 18.4 Å². The molecule has 1 amide bonds. The smallest absolute Gasteiger partial charge is 0.252 e. The fourth-order valence-corrected chi connectivity index (χ4v) is 6.28. The first-order valence-corrected chi connectivity index (χ1v) is 13.4. The van der Waals surface area contributed by atoms with Crippen molar-refractivity contribution in [2.45, 2.75) is 77.2 Å². The van der Waals surface area contributed by atoms with Crippen LogP contribution in [0.25, 0.3) is 0 Å². The monoisotopic (exact) mass is 467 g/mol. The molecule has 33 heavy (non-hydrogen) atoms. The van der Waals surface area contributed by atoms with Gasteiger partial charge in [-0.15, -0.1) is 21.5 Å². The van der Waals surface area contributed by atoms with Gasteiger partial charge in [-0.2, -0.15) is 0 Å². The minimum atomic E-state index is 0.0161. The number of rotatable bonds is 10. The van der Waals surface area contributed by atoms with Gasteiger partial charge in [0, 0.05) is 41.2 Å². The highest BCUT2D eigenvalue weighted by Crippen LogP contribution is 2.45. The van der Waals surface area contributed by atoms with Crippen LogP contribution in [0, 0.1) is 17.3 Å². The Hall–Kier alpha value is -2.22. The zero-order valence-corrected chi connectivity index (χ0v) is 20.2. The lowest BCUT2D eigenvalue weighted by Crippen LogP contribution is -2.28. The molecule has 3 fully saturated rings. The number of amides is 1. The summed E-state index contributed by atoms with van der Waals surface area (Å²) in [5.74, 6) is 2.00. The van der Waals surface area contributed by atoms with Crippen LogP contribution in [0.1, 0.15) is 83.6 Å². The van der Waals surface area contributed by atoms with E-state index in [1.165, 1.54) is 30.6 Å². The van der Waals surface area contributed by atoms with Gasteiger partial charge in [0.1, 0.15) is 12.1 Å². The molecule has 0 unspecified atom stereocenters. The fourth-order valence-electron chi connectivity index (χ4n) is 4.92. The van der Waals surface area contributed by atoms with Gasteiger partial charge < -0.3 is 10.6 Å². The summed E-state index contributed by atoms with van der Waals surface area (Å²) in [6.07, 6.45) is 11.9. The molecule has 4 aliphatic carbocycles.